The van der Waals surface area contributed by atoms with E-state index in [9.17, 15) is 29.5 Å². The van der Waals surface area contributed by atoms with E-state index < -0.39 is 54.5 Å². The molecule has 6 atom stereocenters. The number of imidazole rings is 1. The van der Waals surface area contributed by atoms with E-state index in [1.54, 1.807) is 20.8 Å². The largest absolute Gasteiger partial charge is 0.393 e. The number of hydrogen-bond donors (Lipinski definition) is 6. The first-order valence-corrected chi connectivity index (χ1v) is 12.2. The molecule has 15 heteroatoms. The Morgan fingerprint density at radius 3 is 2.48 bits per heavy atom. The minimum absolute atomic E-state index is 0.0187. The van der Waals surface area contributed by atoms with Gasteiger partial charge in [0.2, 0.25) is 5.95 Å². The van der Waals surface area contributed by atoms with Crippen LogP contribution in [-0.4, -0.2) is 64.3 Å². The molecule has 2 aromatic rings. The highest BCUT2D eigenvalue weighted by Crippen LogP contribution is 2.80. The van der Waals surface area contributed by atoms with E-state index in [0.29, 0.717) is 12.8 Å². The number of rotatable bonds is 8. The van der Waals surface area contributed by atoms with Gasteiger partial charge in [-0.1, -0.05) is 20.8 Å². The van der Waals surface area contributed by atoms with Gasteiger partial charge >= 0.3 is 13.3 Å². The summed E-state index contributed by atoms with van der Waals surface area (Å²) >= 11 is 0. The molecular weight excluding hydrogens is 461 g/mol. The van der Waals surface area contributed by atoms with Crippen LogP contribution in [0.3, 0.4) is 0 Å². The van der Waals surface area contributed by atoms with Gasteiger partial charge in [0.1, 0.15) is 12.2 Å². The lowest BCUT2D eigenvalue weighted by molar-refractivity contribution is -0.0695. The van der Waals surface area contributed by atoms with Crippen molar-refractivity contribution in [3.05, 3.63) is 20.8 Å². The number of aliphatic hydroxyl groups excluding tert-OH is 2. The number of aromatic amines is 2. The quantitative estimate of drug-likeness (QED) is 0.212. The lowest BCUT2D eigenvalue weighted by atomic mass is 9.88. The number of H-pyrrole nitrogens is 2. The number of aromatic nitrogens is 4. The van der Waals surface area contributed by atoms with Gasteiger partial charge in [0.05, 0.1) is 11.7 Å². The summed E-state index contributed by atoms with van der Waals surface area (Å²) in [6, 6.07) is 0. The first-order valence-electron chi connectivity index (χ1n) is 10.7. The van der Waals surface area contributed by atoms with Crippen LogP contribution in [0.5, 0.6) is 0 Å². The zero-order valence-electron chi connectivity index (χ0n) is 18.3. The number of fused-ring (bicyclic) bond motifs is 1. The van der Waals surface area contributed by atoms with Crippen LogP contribution in [0.2, 0.25) is 0 Å². The van der Waals surface area contributed by atoms with E-state index >= 15 is 0 Å². The topological polar surface area (TPSA) is 218 Å². The average Bonchev–Trinajstić information content (AvgIpc) is 2.98. The van der Waals surface area contributed by atoms with E-state index in [4.69, 9.17) is 19.5 Å². The fourth-order valence-electron chi connectivity index (χ4n) is 4.22. The van der Waals surface area contributed by atoms with Gasteiger partial charge in [0.25, 0.3) is 11.1 Å². The van der Waals surface area contributed by atoms with Crippen LogP contribution in [0.4, 0.5) is 5.95 Å². The molecule has 14 nitrogen and oxygen atoms in total. The van der Waals surface area contributed by atoms with Crippen molar-refractivity contribution in [1.82, 2.24) is 19.5 Å². The second-order valence-electron chi connectivity index (χ2n) is 8.37. The average molecular weight is 489 g/mol. The lowest BCUT2D eigenvalue weighted by Gasteiger charge is -2.33. The van der Waals surface area contributed by atoms with Gasteiger partial charge in [-0.05, 0) is 12.8 Å². The maximum absolute atomic E-state index is 12.8. The molecule has 0 spiro atoms. The molecule has 0 bridgehead atoms. The van der Waals surface area contributed by atoms with Crippen LogP contribution >= 0.6 is 7.60 Å². The summed E-state index contributed by atoms with van der Waals surface area (Å²) in [5.74, 6) is -0.244. The van der Waals surface area contributed by atoms with Gasteiger partial charge in [-0.25, -0.2) is 9.36 Å². The van der Waals surface area contributed by atoms with Crippen molar-refractivity contribution in [3.8, 4) is 0 Å². The van der Waals surface area contributed by atoms with Gasteiger partial charge in [0.15, 0.2) is 17.4 Å². The highest BCUT2D eigenvalue weighted by molar-refractivity contribution is 7.61. The Balaban J connectivity index is 1.63. The summed E-state index contributed by atoms with van der Waals surface area (Å²) in [5.41, 5.74) is 0.862. The van der Waals surface area contributed by atoms with Gasteiger partial charge in [0, 0.05) is 12.8 Å². The second-order valence-corrected chi connectivity index (χ2v) is 10.4. The molecular formula is C18H28N5O9P. The molecule has 0 amide bonds. The van der Waals surface area contributed by atoms with Crippen molar-refractivity contribution < 1.29 is 33.7 Å². The Labute approximate surface area is 187 Å². The molecule has 2 aliphatic rings. The van der Waals surface area contributed by atoms with Crippen LogP contribution < -0.4 is 17.0 Å². The molecule has 0 saturated carbocycles. The third-order valence-corrected chi connectivity index (χ3v) is 8.75. The van der Waals surface area contributed by atoms with Crippen LogP contribution in [0.25, 0.3) is 11.2 Å². The summed E-state index contributed by atoms with van der Waals surface area (Å²) in [4.78, 5) is 33.2. The SMILES string of the molecule is CCC(CC)(CC1OC(n2c(=O)[nH]c3c(=O)[nH]c(N)nc32)C(O)C1O)OP1(=O)OC1(O)CC. The number of hydrogen-bond acceptors (Lipinski definition) is 11. The van der Waals surface area contributed by atoms with Gasteiger partial charge in [-0.15, -0.1) is 0 Å². The first kappa shape index (κ1) is 24.1. The molecule has 4 heterocycles. The molecule has 0 aromatic carbocycles. The number of nitrogens with zero attached hydrogens (tertiary/aromatic N) is 2. The maximum Gasteiger partial charge on any atom is 0.393 e. The molecule has 2 saturated heterocycles. The highest BCUT2D eigenvalue weighted by atomic mass is 31.2. The highest BCUT2D eigenvalue weighted by Gasteiger charge is 2.71. The lowest BCUT2D eigenvalue weighted by Crippen LogP contribution is -2.40. The molecule has 0 aliphatic carbocycles. The third kappa shape index (κ3) is 3.75. The molecule has 2 fully saturated rings. The molecule has 2 aliphatic heterocycles. The summed E-state index contributed by atoms with van der Waals surface area (Å²) in [5, 5.41) is 31.6. The Morgan fingerprint density at radius 1 is 1.24 bits per heavy atom. The predicted octanol–water partition coefficient (Wildman–Crippen LogP) is -0.141. The molecule has 7 N–H and O–H groups in total. The van der Waals surface area contributed by atoms with Crippen LogP contribution in [0.1, 0.15) is 52.7 Å². The minimum Gasteiger partial charge on any atom is -0.388 e. The maximum atomic E-state index is 12.8. The molecule has 4 rings (SSSR count). The van der Waals surface area contributed by atoms with Crippen LogP contribution in [-0.2, 0) is 18.3 Å². The van der Waals surface area contributed by atoms with Crippen molar-refractivity contribution in [3.63, 3.8) is 0 Å². The van der Waals surface area contributed by atoms with E-state index in [1.807, 2.05) is 0 Å². The van der Waals surface area contributed by atoms with Crippen molar-refractivity contribution in [1.29, 1.82) is 0 Å². The number of anilines is 1. The number of nitrogens with two attached hydrogens (primary N) is 1. The fraction of sp³-hybridized carbons (Fsp3) is 0.722. The van der Waals surface area contributed by atoms with Crippen LogP contribution in [0, 0.1) is 0 Å². The Bertz CT molecular complexity index is 1220. The third-order valence-electron chi connectivity index (χ3n) is 6.49. The summed E-state index contributed by atoms with van der Waals surface area (Å²) in [6.07, 6.45) is -4.69. The van der Waals surface area contributed by atoms with Gasteiger partial charge in [-0.3, -0.25) is 28.4 Å². The Kier molecular flexibility index (Phi) is 5.85. The second kappa shape index (κ2) is 8.01. The number of ether oxygens (including phenoxy) is 1. The molecule has 2 aromatic heterocycles. The minimum atomic E-state index is -3.77. The molecule has 33 heavy (non-hydrogen) atoms. The Morgan fingerprint density at radius 2 is 1.91 bits per heavy atom. The zero-order chi connectivity index (χ0) is 24.3. The van der Waals surface area contributed by atoms with E-state index in [0.717, 1.165) is 4.57 Å². The Hall–Kier alpha value is -2.06. The zero-order valence-corrected chi connectivity index (χ0v) is 19.2. The molecule has 6 unspecified atom stereocenters. The van der Waals surface area contributed by atoms with Crippen molar-refractivity contribution in [2.45, 2.75) is 82.1 Å². The van der Waals surface area contributed by atoms with Crippen LogP contribution in [0.15, 0.2) is 9.59 Å². The van der Waals surface area contributed by atoms with Gasteiger partial charge < -0.3 is 25.8 Å². The fourth-order valence-corrected chi connectivity index (χ4v) is 6.31. The summed E-state index contributed by atoms with van der Waals surface area (Å²) in [7, 11) is -3.77. The smallest absolute Gasteiger partial charge is 0.388 e. The number of aliphatic hydroxyl groups is 3. The van der Waals surface area contributed by atoms with Crippen molar-refractivity contribution in [2.24, 2.45) is 0 Å². The van der Waals surface area contributed by atoms with Gasteiger partial charge in [-0.2, -0.15) is 4.98 Å². The van der Waals surface area contributed by atoms with E-state index in [2.05, 4.69) is 15.0 Å². The predicted molar refractivity (Wildman–Crippen MR) is 114 cm³/mol. The molecule has 0 radical (unpaired) electrons. The number of nitrogen functional groups attached to an aromatic ring is 1. The first-order chi connectivity index (χ1) is 15.4. The summed E-state index contributed by atoms with van der Waals surface area (Å²) in [6.45, 7) is 5.17. The van der Waals surface area contributed by atoms with E-state index in [1.165, 1.54) is 0 Å². The monoisotopic (exact) mass is 489 g/mol. The summed E-state index contributed by atoms with van der Waals surface area (Å²) < 4.78 is 30.4. The van der Waals surface area contributed by atoms with Crippen molar-refractivity contribution >= 4 is 24.7 Å². The van der Waals surface area contributed by atoms with E-state index in [-0.39, 0.29) is 30.0 Å². The normalized spacial score (nSPS) is 34.2. The number of nitrogens with one attached hydrogen (secondary N) is 2. The molecule has 184 valence electrons. The van der Waals surface area contributed by atoms with Crippen molar-refractivity contribution in [2.75, 3.05) is 5.73 Å². The standard InChI is InChI=1S/C18H28N5O9P/c1-4-17(5-2,31-33(29)18(28,6-3)32-33)7-8-10(24)11(25)14(30-8)23-12-9(20-16(23)27)13(26)22-15(19)21-12/h8,10-11,14,24-25,28H,4-7H2,1-3H3,(H,20,27)(H3,19,21,22,26).